The Labute approximate surface area is 137 Å². The third-order valence-corrected chi connectivity index (χ3v) is 6.56. The van der Waals surface area contributed by atoms with Gasteiger partial charge in [0.15, 0.2) is 0 Å². The van der Waals surface area contributed by atoms with E-state index in [-0.39, 0.29) is 11.9 Å². The minimum Gasteiger partial charge on any atom is -0.352 e. The molecule has 0 unspecified atom stereocenters. The Morgan fingerprint density at radius 1 is 1.13 bits per heavy atom. The van der Waals surface area contributed by atoms with Gasteiger partial charge in [0.05, 0.1) is 5.41 Å². The Balaban J connectivity index is 1.51. The van der Waals surface area contributed by atoms with Gasteiger partial charge in [0, 0.05) is 6.04 Å². The van der Waals surface area contributed by atoms with Gasteiger partial charge in [-0.25, -0.2) is 4.39 Å². The molecule has 0 heterocycles. The topological polar surface area (TPSA) is 29.1 Å². The number of hydrogen-bond donors (Lipinski definition) is 1. The predicted octanol–water partition coefficient (Wildman–Crippen LogP) is 4.00. The lowest BCUT2D eigenvalue weighted by Crippen LogP contribution is -2.61. The van der Waals surface area contributed by atoms with Gasteiger partial charge in [0.25, 0.3) is 0 Å². The molecule has 2 nitrogen and oxygen atoms in total. The van der Waals surface area contributed by atoms with Crippen molar-refractivity contribution in [2.75, 3.05) is 0 Å². The molecule has 1 N–H and O–H groups in total. The first-order chi connectivity index (χ1) is 10.9. The van der Waals surface area contributed by atoms with Crippen LogP contribution in [0, 0.1) is 17.8 Å². The van der Waals surface area contributed by atoms with Crippen LogP contribution in [0.25, 0.3) is 0 Å². The smallest absolute Gasteiger partial charge is 0.230 e. The second kappa shape index (κ2) is 5.06. The molecule has 4 fully saturated rings. The molecule has 4 bridgehead atoms. The zero-order chi connectivity index (χ0) is 16.2. The van der Waals surface area contributed by atoms with Crippen LogP contribution in [0.2, 0.25) is 0 Å². The molecule has 0 aromatic heterocycles. The van der Waals surface area contributed by atoms with E-state index in [4.69, 9.17) is 0 Å². The SMILES string of the molecule is CC(C)(C(=O)NC1[C@@H]2CC3C[C@@H]1CC(F)(C3)C2)c1ccccc1. The molecule has 4 saturated carbocycles. The number of halogens is 1. The van der Waals surface area contributed by atoms with Crippen LogP contribution >= 0.6 is 0 Å². The maximum absolute atomic E-state index is 14.8. The first kappa shape index (κ1) is 15.2. The molecule has 4 aliphatic rings. The largest absolute Gasteiger partial charge is 0.352 e. The van der Waals surface area contributed by atoms with E-state index in [1.54, 1.807) is 0 Å². The second-order valence-corrected chi connectivity index (χ2v) is 8.61. The number of hydrogen-bond acceptors (Lipinski definition) is 1. The average Bonchev–Trinajstić information content (AvgIpc) is 2.50. The molecule has 0 spiro atoms. The van der Waals surface area contributed by atoms with E-state index in [0.717, 1.165) is 24.8 Å². The van der Waals surface area contributed by atoms with E-state index in [1.807, 2.05) is 44.2 Å². The lowest BCUT2D eigenvalue weighted by molar-refractivity contribution is -0.134. The fraction of sp³-hybridized carbons (Fsp3) is 0.650. The van der Waals surface area contributed by atoms with Crippen LogP contribution in [-0.4, -0.2) is 17.6 Å². The Bertz CT molecular complexity index is 595. The number of benzene rings is 1. The average molecular weight is 315 g/mol. The fourth-order valence-corrected chi connectivity index (χ4v) is 5.48. The molecular weight excluding hydrogens is 289 g/mol. The Morgan fingerprint density at radius 2 is 1.74 bits per heavy atom. The molecule has 124 valence electrons. The molecule has 1 aromatic rings. The van der Waals surface area contributed by atoms with Gasteiger partial charge in [0.2, 0.25) is 5.91 Å². The van der Waals surface area contributed by atoms with Crippen molar-refractivity contribution in [3.05, 3.63) is 35.9 Å². The van der Waals surface area contributed by atoms with Crippen LogP contribution in [0.5, 0.6) is 0 Å². The van der Waals surface area contributed by atoms with E-state index in [2.05, 4.69) is 5.32 Å². The highest BCUT2D eigenvalue weighted by atomic mass is 19.1. The summed E-state index contributed by atoms with van der Waals surface area (Å²) < 4.78 is 14.8. The van der Waals surface area contributed by atoms with Crippen molar-refractivity contribution in [1.29, 1.82) is 0 Å². The molecule has 4 aliphatic carbocycles. The number of carbonyl (C=O) groups excluding carboxylic acids is 1. The Morgan fingerprint density at radius 3 is 2.30 bits per heavy atom. The van der Waals surface area contributed by atoms with Gasteiger partial charge in [0.1, 0.15) is 5.67 Å². The maximum Gasteiger partial charge on any atom is 0.230 e. The molecule has 3 heteroatoms. The normalized spacial score (nSPS) is 38.6. The van der Waals surface area contributed by atoms with Crippen molar-refractivity contribution in [3.8, 4) is 0 Å². The van der Waals surface area contributed by atoms with Gasteiger partial charge < -0.3 is 5.32 Å². The fourth-order valence-electron chi connectivity index (χ4n) is 5.48. The molecule has 0 aliphatic heterocycles. The maximum atomic E-state index is 14.8. The van der Waals surface area contributed by atoms with Gasteiger partial charge in [-0.2, -0.15) is 0 Å². The van der Waals surface area contributed by atoms with Crippen molar-refractivity contribution in [2.45, 2.75) is 63.1 Å². The van der Waals surface area contributed by atoms with E-state index < -0.39 is 11.1 Å². The van der Waals surface area contributed by atoms with E-state index in [1.165, 1.54) is 0 Å². The zero-order valence-corrected chi connectivity index (χ0v) is 14.0. The molecule has 0 radical (unpaired) electrons. The van der Waals surface area contributed by atoms with Gasteiger partial charge in [-0.1, -0.05) is 30.3 Å². The molecule has 1 aromatic carbocycles. The van der Waals surface area contributed by atoms with E-state index in [0.29, 0.717) is 30.6 Å². The van der Waals surface area contributed by atoms with Crippen molar-refractivity contribution in [1.82, 2.24) is 5.32 Å². The number of alkyl halides is 1. The van der Waals surface area contributed by atoms with E-state index in [9.17, 15) is 9.18 Å². The molecule has 2 atom stereocenters. The summed E-state index contributed by atoms with van der Waals surface area (Å²) in [5.41, 5.74) is -0.459. The number of rotatable bonds is 3. The minimum atomic E-state index is -0.938. The predicted molar refractivity (Wildman–Crippen MR) is 88.8 cm³/mol. The number of carbonyl (C=O) groups is 1. The first-order valence-electron chi connectivity index (χ1n) is 8.93. The number of amides is 1. The summed E-state index contributed by atoms with van der Waals surface area (Å²) in [6, 6.07) is 10.1. The Hall–Kier alpha value is -1.38. The van der Waals surface area contributed by atoms with Crippen molar-refractivity contribution in [2.24, 2.45) is 17.8 Å². The highest BCUT2D eigenvalue weighted by Crippen LogP contribution is 2.57. The highest BCUT2D eigenvalue weighted by Gasteiger charge is 2.56. The van der Waals surface area contributed by atoms with Crippen molar-refractivity contribution >= 4 is 5.91 Å². The second-order valence-electron chi connectivity index (χ2n) is 8.61. The van der Waals surface area contributed by atoms with Gasteiger partial charge in [-0.05, 0) is 69.3 Å². The zero-order valence-electron chi connectivity index (χ0n) is 14.0. The monoisotopic (exact) mass is 315 g/mol. The quantitative estimate of drug-likeness (QED) is 0.897. The molecule has 1 amide bonds. The van der Waals surface area contributed by atoms with Gasteiger partial charge >= 0.3 is 0 Å². The summed E-state index contributed by atoms with van der Waals surface area (Å²) in [5.74, 6) is 1.30. The lowest BCUT2D eigenvalue weighted by atomic mass is 9.53. The van der Waals surface area contributed by atoms with Crippen LogP contribution < -0.4 is 5.32 Å². The van der Waals surface area contributed by atoms with Crippen LogP contribution in [0.1, 0.15) is 51.5 Å². The summed E-state index contributed by atoms with van der Waals surface area (Å²) in [5, 5.41) is 3.31. The molecule has 0 saturated heterocycles. The Kier molecular flexibility index (Phi) is 3.33. The van der Waals surface area contributed by atoms with Crippen LogP contribution in [0.15, 0.2) is 30.3 Å². The third kappa shape index (κ3) is 2.49. The summed E-state index contributed by atoms with van der Waals surface area (Å²) in [4.78, 5) is 12.9. The standard InChI is InChI=1S/C20H26FNO/c1-19(2,16-6-4-3-5-7-16)18(23)22-17-14-8-13-9-15(17)12-20(21,10-13)11-14/h3-7,13-15,17H,8-12H2,1-2H3,(H,22,23)/t13?,14-,15-,17?,20?/m1/s1. The van der Waals surface area contributed by atoms with Gasteiger partial charge in [-0.3, -0.25) is 4.79 Å². The van der Waals surface area contributed by atoms with Crippen LogP contribution in [0.4, 0.5) is 4.39 Å². The third-order valence-electron chi connectivity index (χ3n) is 6.56. The highest BCUT2D eigenvalue weighted by molar-refractivity contribution is 5.87. The van der Waals surface area contributed by atoms with Gasteiger partial charge in [-0.15, -0.1) is 0 Å². The molecule has 23 heavy (non-hydrogen) atoms. The van der Waals surface area contributed by atoms with E-state index >= 15 is 0 Å². The number of nitrogens with one attached hydrogen (secondary N) is 1. The van der Waals surface area contributed by atoms with Crippen LogP contribution in [-0.2, 0) is 10.2 Å². The lowest BCUT2D eigenvalue weighted by Gasteiger charge is -2.57. The molecule has 5 rings (SSSR count). The summed E-state index contributed by atoms with van der Waals surface area (Å²) in [7, 11) is 0. The molecular formula is C20H26FNO. The summed E-state index contributed by atoms with van der Waals surface area (Å²) in [6.45, 7) is 3.95. The van der Waals surface area contributed by atoms with Crippen LogP contribution in [0.3, 0.4) is 0 Å². The van der Waals surface area contributed by atoms with Crippen molar-refractivity contribution in [3.63, 3.8) is 0 Å². The first-order valence-corrected chi connectivity index (χ1v) is 8.93. The summed E-state index contributed by atoms with van der Waals surface area (Å²) >= 11 is 0. The van der Waals surface area contributed by atoms with Crippen molar-refractivity contribution < 1.29 is 9.18 Å². The minimum absolute atomic E-state index is 0.0779. The summed E-state index contributed by atoms with van der Waals surface area (Å²) in [6.07, 6.45) is 4.25.